The van der Waals surface area contributed by atoms with Crippen molar-refractivity contribution in [1.82, 2.24) is 0 Å². The number of rotatable bonds is 22. The van der Waals surface area contributed by atoms with Crippen LogP contribution in [-0.2, 0) is 46.4 Å². The van der Waals surface area contributed by atoms with Gasteiger partial charge in [-0.3, -0.25) is 0 Å². The van der Waals surface area contributed by atoms with Crippen LogP contribution >= 0.6 is 0 Å². The zero-order chi connectivity index (χ0) is 40.8. The average molecular weight is 793 g/mol. The van der Waals surface area contributed by atoms with E-state index >= 15 is 0 Å². The van der Waals surface area contributed by atoms with E-state index in [-0.39, 0.29) is 24.7 Å². The minimum atomic E-state index is -0.790. The highest BCUT2D eigenvalue weighted by molar-refractivity contribution is 5.35. The summed E-state index contributed by atoms with van der Waals surface area (Å²) >= 11 is 0. The molecule has 8 atom stereocenters. The van der Waals surface area contributed by atoms with Crippen LogP contribution in [0, 0.1) is 41.4 Å². The van der Waals surface area contributed by atoms with Crippen molar-refractivity contribution in [2.75, 3.05) is 6.61 Å². The van der Waals surface area contributed by atoms with E-state index in [1.165, 1.54) is 70.6 Å². The van der Waals surface area contributed by atoms with Crippen molar-refractivity contribution < 1.29 is 33.2 Å². The molecule has 7 nitrogen and oxygen atoms in total. The van der Waals surface area contributed by atoms with E-state index in [1.807, 2.05) is 50.2 Å². The van der Waals surface area contributed by atoms with Crippen molar-refractivity contribution in [2.24, 2.45) is 5.92 Å². The van der Waals surface area contributed by atoms with Crippen LogP contribution in [0.3, 0.4) is 0 Å². The third kappa shape index (κ3) is 15.2. The van der Waals surface area contributed by atoms with Crippen LogP contribution in [0.4, 0.5) is 0 Å². The molecule has 2 aromatic rings. The number of unbranched alkanes of at least 4 members (excludes halogenated alkanes) is 11. The van der Waals surface area contributed by atoms with Crippen LogP contribution in [-0.4, -0.2) is 55.3 Å². The van der Waals surface area contributed by atoms with Crippen molar-refractivity contribution in [3.8, 4) is 35.5 Å². The van der Waals surface area contributed by atoms with Crippen LogP contribution in [0.5, 0.6) is 0 Å². The topological polar surface area (TPSA) is 64.6 Å². The molecular formula is C51H68O7. The zero-order valence-corrected chi connectivity index (χ0v) is 35.8. The van der Waals surface area contributed by atoms with Gasteiger partial charge in [-0.05, 0) is 86.3 Å². The molecule has 0 bridgehead atoms. The summed E-state index contributed by atoms with van der Waals surface area (Å²) in [6.07, 6.45) is 17.2. The van der Waals surface area contributed by atoms with Gasteiger partial charge in [-0.15, -0.1) is 0 Å². The van der Waals surface area contributed by atoms with Gasteiger partial charge in [0.25, 0.3) is 0 Å². The minimum Gasteiger partial charge on any atom is -0.487 e. The third-order valence-corrected chi connectivity index (χ3v) is 11.1. The Morgan fingerprint density at radius 2 is 1.36 bits per heavy atom. The first-order valence-corrected chi connectivity index (χ1v) is 22.1. The molecule has 3 heterocycles. The summed E-state index contributed by atoms with van der Waals surface area (Å²) in [5.41, 5.74) is 2.12. The molecule has 0 N–H and O–H groups in total. The fraction of sp³-hybridized carbons (Fsp3) is 0.608. The van der Waals surface area contributed by atoms with E-state index < -0.39 is 36.5 Å². The smallest absolute Gasteiger partial charge is 0.224 e. The molecule has 2 aromatic carbocycles. The Morgan fingerprint density at radius 1 is 0.759 bits per heavy atom. The van der Waals surface area contributed by atoms with Gasteiger partial charge >= 0.3 is 0 Å². The van der Waals surface area contributed by atoms with E-state index in [0.717, 1.165) is 36.1 Å². The molecule has 3 fully saturated rings. The summed E-state index contributed by atoms with van der Waals surface area (Å²) in [5.74, 6) is 17.0. The normalized spacial score (nSPS) is 25.9. The maximum atomic E-state index is 6.77. The van der Waals surface area contributed by atoms with Crippen LogP contribution in [0.1, 0.15) is 136 Å². The Bertz CT molecular complexity index is 1690. The minimum absolute atomic E-state index is 0.0307. The quantitative estimate of drug-likeness (QED) is 0.0869. The number of ether oxygens (including phenoxy) is 7. The average Bonchev–Trinajstić information content (AvgIpc) is 3.56. The first-order chi connectivity index (χ1) is 28.4. The van der Waals surface area contributed by atoms with Crippen LogP contribution in [0.15, 0.2) is 72.5 Å². The number of hydrogen-bond acceptors (Lipinski definition) is 7. The second-order valence-corrected chi connectivity index (χ2v) is 16.4. The molecule has 3 aliphatic heterocycles. The molecule has 3 saturated heterocycles. The summed E-state index contributed by atoms with van der Waals surface area (Å²) in [6, 6.07) is 20.3. The van der Waals surface area contributed by atoms with E-state index in [0.29, 0.717) is 13.2 Å². The SMILES string of the molecule is CC#CC#CC#CC1OCC2O/C(=C/C[C@H](C)[C@@H]3OC(C)(C)OC3CCCCCCCCCCCCCC)C(OCc3ccccc3)[C@@H](OCc3ccccc3)[C@H]2O1. The molecule has 3 aliphatic rings. The van der Waals surface area contributed by atoms with Crippen LogP contribution in [0.2, 0.25) is 0 Å². The van der Waals surface area contributed by atoms with Gasteiger partial charge in [0.15, 0.2) is 11.9 Å². The molecular weight excluding hydrogens is 725 g/mol. The Morgan fingerprint density at radius 3 is 2.00 bits per heavy atom. The van der Waals surface area contributed by atoms with Crippen molar-refractivity contribution in [1.29, 1.82) is 0 Å². The lowest BCUT2D eigenvalue weighted by molar-refractivity contribution is -0.293. The molecule has 0 radical (unpaired) electrons. The summed E-state index contributed by atoms with van der Waals surface area (Å²) < 4.78 is 45.9. The standard InChI is InChI=1S/C51H68O7/c1-6-8-10-12-13-14-15-16-17-18-20-27-33-44-47(58-51(4,5)57-44)40(3)35-36-43-48(53-37-41-29-23-21-24-30-41)50(54-38-42-31-25-22-26-32-42)49-45(55-43)39-52-46(56-49)34-28-19-11-9-7-2/h21-26,29-32,36,40,44-50H,6,8,10,12-18,20,27,33,35,37-39H2,1-5H3/b43-36+/t40-,44?,45?,46?,47-,48?,49-,50+/m0/s1. The van der Waals surface area contributed by atoms with Crippen molar-refractivity contribution in [3.63, 3.8) is 0 Å². The monoisotopic (exact) mass is 792 g/mol. The van der Waals surface area contributed by atoms with Gasteiger partial charge in [-0.1, -0.05) is 157 Å². The molecule has 0 spiro atoms. The Hall–Kier alpha value is -3.58. The number of fused-ring (bicyclic) bond motifs is 1. The molecule has 7 heteroatoms. The molecule has 314 valence electrons. The van der Waals surface area contributed by atoms with E-state index in [2.05, 4.69) is 79.7 Å². The highest BCUT2D eigenvalue weighted by Crippen LogP contribution is 2.38. The Kier molecular flexibility index (Phi) is 19.7. The maximum absolute atomic E-state index is 6.77. The molecule has 0 saturated carbocycles. The first kappa shape index (κ1) is 45.5. The number of allylic oxidation sites excluding steroid dienone is 1. The van der Waals surface area contributed by atoms with E-state index in [1.54, 1.807) is 6.92 Å². The fourth-order valence-corrected chi connectivity index (χ4v) is 8.05. The highest BCUT2D eigenvalue weighted by atomic mass is 16.8. The summed E-state index contributed by atoms with van der Waals surface area (Å²) in [7, 11) is 0. The predicted octanol–water partition coefficient (Wildman–Crippen LogP) is 10.8. The maximum Gasteiger partial charge on any atom is 0.224 e. The van der Waals surface area contributed by atoms with Gasteiger partial charge in [-0.2, -0.15) is 0 Å². The molecule has 0 amide bonds. The summed E-state index contributed by atoms with van der Waals surface area (Å²) in [5, 5.41) is 0. The lowest BCUT2D eigenvalue weighted by atomic mass is 9.91. The Balaban J connectivity index is 1.25. The van der Waals surface area contributed by atoms with E-state index in [4.69, 9.17) is 33.2 Å². The van der Waals surface area contributed by atoms with E-state index in [9.17, 15) is 0 Å². The lowest BCUT2D eigenvalue weighted by Gasteiger charge is -2.46. The van der Waals surface area contributed by atoms with Crippen molar-refractivity contribution >= 4 is 0 Å². The van der Waals surface area contributed by atoms with Crippen molar-refractivity contribution in [2.45, 2.75) is 186 Å². The second-order valence-electron chi connectivity index (χ2n) is 16.4. The van der Waals surface area contributed by atoms with Gasteiger partial charge < -0.3 is 33.2 Å². The van der Waals surface area contributed by atoms with Crippen LogP contribution in [0.25, 0.3) is 0 Å². The fourth-order valence-electron chi connectivity index (χ4n) is 8.05. The van der Waals surface area contributed by atoms with Crippen LogP contribution < -0.4 is 0 Å². The molecule has 0 aromatic heterocycles. The van der Waals surface area contributed by atoms with Gasteiger partial charge in [0, 0.05) is 0 Å². The van der Waals surface area contributed by atoms with Gasteiger partial charge in [-0.25, -0.2) is 0 Å². The Labute approximate surface area is 350 Å². The summed E-state index contributed by atoms with van der Waals surface area (Å²) in [4.78, 5) is 0. The summed E-state index contributed by atoms with van der Waals surface area (Å²) in [6.45, 7) is 11.4. The van der Waals surface area contributed by atoms with Crippen molar-refractivity contribution in [3.05, 3.63) is 83.6 Å². The molecule has 0 aliphatic carbocycles. The molecule has 58 heavy (non-hydrogen) atoms. The molecule has 5 rings (SSSR count). The lowest BCUT2D eigenvalue weighted by Crippen LogP contribution is -2.60. The highest BCUT2D eigenvalue weighted by Gasteiger charge is 2.50. The number of benzene rings is 2. The number of hydrogen-bond donors (Lipinski definition) is 0. The van der Waals surface area contributed by atoms with Gasteiger partial charge in [0.1, 0.15) is 24.1 Å². The first-order valence-electron chi connectivity index (χ1n) is 22.1. The van der Waals surface area contributed by atoms with Gasteiger partial charge in [0.2, 0.25) is 6.29 Å². The third-order valence-electron chi connectivity index (χ3n) is 11.1. The van der Waals surface area contributed by atoms with Gasteiger partial charge in [0.05, 0.1) is 32.0 Å². The largest absolute Gasteiger partial charge is 0.487 e. The predicted molar refractivity (Wildman–Crippen MR) is 230 cm³/mol. The molecule has 4 unspecified atom stereocenters. The zero-order valence-electron chi connectivity index (χ0n) is 35.8. The second kappa shape index (κ2) is 25.1.